The van der Waals surface area contributed by atoms with Crippen molar-refractivity contribution < 1.29 is 0 Å². The zero-order chi connectivity index (χ0) is 41.7. The third kappa shape index (κ3) is 6.59. The molecule has 0 heterocycles. The Kier molecular flexibility index (Phi) is 9.74. The molecule has 1 heteroatoms. The molecule has 12 rings (SSSR count). The summed E-state index contributed by atoms with van der Waals surface area (Å²) in [6.07, 6.45) is 12.3. The van der Waals surface area contributed by atoms with E-state index >= 15 is 0 Å². The summed E-state index contributed by atoms with van der Waals surface area (Å²) < 4.78 is 0. The molecule has 1 nitrogen and oxygen atoms in total. The Morgan fingerprint density at radius 1 is 0.381 bits per heavy atom. The summed E-state index contributed by atoms with van der Waals surface area (Å²) >= 11 is 0. The normalized spacial score (nSPS) is 19.7. The van der Waals surface area contributed by atoms with Crippen molar-refractivity contribution in [2.45, 2.75) is 75.0 Å². The van der Waals surface area contributed by atoms with Crippen LogP contribution in [0.3, 0.4) is 0 Å². The standard InChI is InChI=1S/C62H55N/c1-4-14-44(15-5-1)45-26-28-46(29-27-45)55-20-10-11-21-56(55)47-30-34-52(35-31-47)63(53-36-32-48(33-37-53)59-41-43-24-25-49(59)40-43)54-38-39-58-57-22-12-13-23-60(57)62(61(58)42-54,50-16-6-2-7-17-50)51-18-8-3-9-19-51/h2-3,6-13,16-23,26-39,42-44,49,59H,1,4-5,14-15,24-25,40-41H2. The predicted molar refractivity (Wildman–Crippen MR) is 263 cm³/mol. The molecule has 3 fully saturated rings. The van der Waals surface area contributed by atoms with E-state index in [0.717, 1.165) is 23.2 Å². The van der Waals surface area contributed by atoms with Gasteiger partial charge >= 0.3 is 0 Å². The van der Waals surface area contributed by atoms with Crippen molar-refractivity contribution >= 4 is 17.1 Å². The third-order valence-electron chi connectivity index (χ3n) is 15.7. The minimum atomic E-state index is -0.468. The lowest BCUT2D eigenvalue weighted by Gasteiger charge is -2.35. The lowest BCUT2D eigenvalue weighted by molar-refractivity contribution is 0.420. The number of anilines is 3. The molecule has 0 saturated heterocycles. The highest BCUT2D eigenvalue weighted by molar-refractivity contribution is 5.90. The van der Waals surface area contributed by atoms with Crippen molar-refractivity contribution in [2.24, 2.45) is 11.8 Å². The number of benzene rings is 8. The first-order valence-electron chi connectivity index (χ1n) is 23.8. The molecule has 63 heavy (non-hydrogen) atoms. The van der Waals surface area contributed by atoms with Gasteiger partial charge in [-0.25, -0.2) is 0 Å². The minimum Gasteiger partial charge on any atom is -0.310 e. The monoisotopic (exact) mass is 813 g/mol. The van der Waals surface area contributed by atoms with E-state index < -0.39 is 5.41 Å². The summed E-state index contributed by atoms with van der Waals surface area (Å²) in [5.41, 5.74) is 19.0. The Morgan fingerprint density at radius 2 is 0.905 bits per heavy atom. The van der Waals surface area contributed by atoms with Gasteiger partial charge in [-0.15, -0.1) is 0 Å². The number of hydrogen-bond donors (Lipinski definition) is 0. The van der Waals surface area contributed by atoms with Crippen LogP contribution in [0.5, 0.6) is 0 Å². The van der Waals surface area contributed by atoms with Crippen molar-refractivity contribution in [3.05, 3.63) is 234 Å². The number of rotatable bonds is 9. The minimum absolute atomic E-state index is 0.468. The van der Waals surface area contributed by atoms with Gasteiger partial charge in [-0.2, -0.15) is 0 Å². The van der Waals surface area contributed by atoms with Crippen LogP contribution in [0.15, 0.2) is 200 Å². The largest absolute Gasteiger partial charge is 0.310 e. The van der Waals surface area contributed by atoms with Gasteiger partial charge in [-0.1, -0.05) is 189 Å². The average Bonchev–Trinajstić information content (AvgIpc) is 4.09. The summed E-state index contributed by atoms with van der Waals surface area (Å²) in [5.74, 6) is 3.18. The Morgan fingerprint density at radius 3 is 1.51 bits per heavy atom. The fourth-order valence-electron chi connectivity index (χ4n) is 12.7. The molecule has 4 aliphatic carbocycles. The van der Waals surface area contributed by atoms with Gasteiger partial charge in [0.15, 0.2) is 0 Å². The van der Waals surface area contributed by atoms with Crippen LogP contribution in [0, 0.1) is 11.8 Å². The number of fused-ring (bicyclic) bond motifs is 5. The molecule has 0 radical (unpaired) electrons. The van der Waals surface area contributed by atoms with Crippen molar-refractivity contribution in [3.8, 4) is 33.4 Å². The third-order valence-corrected chi connectivity index (χ3v) is 15.7. The molecule has 0 spiro atoms. The molecule has 0 amide bonds. The van der Waals surface area contributed by atoms with Crippen molar-refractivity contribution in [1.82, 2.24) is 0 Å². The maximum Gasteiger partial charge on any atom is 0.0714 e. The van der Waals surface area contributed by atoms with E-state index in [2.05, 4.69) is 205 Å². The topological polar surface area (TPSA) is 3.24 Å². The summed E-state index contributed by atoms with van der Waals surface area (Å²) in [5, 5.41) is 0. The molecule has 308 valence electrons. The Balaban J connectivity index is 0.972. The van der Waals surface area contributed by atoms with Crippen LogP contribution < -0.4 is 4.90 Å². The van der Waals surface area contributed by atoms with E-state index in [1.807, 2.05) is 0 Å². The van der Waals surface area contributed by atoms with Gasteiger partial charge < -0.3 is 4.90 Å². The zero-order valence-electron chi connectivity index (χ0n) is 36.2. The van der Waals surface area contributed by atoms with E-state index in [0.29, 0.717) is 11.8 Å². The Hall–Kier alpha value is -6.44. The fourth-order valence-corrected chi connectivity index (χ4v) is 12.7. The van der Waals surface area contributed by atoms with E-state index in [9.17, 15) is 0 Å². The lowest BCUT2D eigenvalue weighted by atomic mass is 9.67. The molecule has 3 saturated carbocycles. The molecule has 8 aromatic rings. The Bertz CT molecular complexity index is 2830. The van der Waals surface area contributed by atoms with Crippen LogP contribution in [0.1, 0.15) is 103 Å². The van der Waals surface area contributed by atoms with Crippen LogP contribution in [-0.4, -0.2) is 0 Å². The predicted octanol–water partition coefficient (Wildman–Crippen LogP) is 16.8. The maximum absolute atomic E-state index is 2.50. The van der Waals surface area contributed by atoms with Gasteiger partial charge in [-0.3, -0.25) is 0 Å². The van der Waals surface area contributed by atoms with Crippen LogP contribution >= 0.6 is 0 Å². The SMILES string of the molecule is c1ccc(C2(c3ccccc3)c3ccccc3-c3ccc(N(c4ccc(-c5ccccc5-c5ccc(C6CCCCC6)cc5)cc4)c4ccc(C5CC6CCC5C6)cc4)cc32)cc1. The second-order valence-electron chi connectivity index (χ2n) is 19.0. The molecule has 0 N–H and O–H groups in total. The highest BCUT2D eigenvalue weighted by Gasteiger charge is 2.46. The van der Waals surface area contributed by atoms with Crippen molar-refractivity contribution in [1.29, 1.82) is 0 Å². The summed E-state index contributed by atoms with van der Waals surface area (Å²) in [6, 6.07) is 76.1. The van der Waals surface area contributed by atoms with Gasteiger partial charge in [0.05, 0.1) is 5.41 Å². The molecule has 4 aliphatic rings. The molecule has 2 bridgehead atoms. The Labute approximate surface area is 374 Å². The quantitative estimate of drug-likeness (QED) is 0.140. The van der Waals surface area contributed by atoms with Crippen molar-refractivity contribution in [3.63, 3.8) is 0 Å². The maximum atomic E-state index is 2.50. The molecule has 8 aromatic carbocycles. The van der Waals surface area contributed by atoms with Gasteiger partial charge in [0.25, 0.3) is 0 Å². The van der Waals surface area contributed by atoms with Crippen LogP contribution in [0.4, 0.5) is 17.1 Å². The first kappa shape index (κ1) is 38.3. The van der Waals surface area contributed by atoms with E-state index in [-0.39, 0.29) is 0 Å². The van der Waals surface area contributed by atoms with Gasteiger partial charge in [0, 0.05) is 17.1 Å². The van der Waals surface area contributed by atoms with E-state index in [1.165, 1.54) is 130 Å². The van der Waals surface area contributed by atoms with Crippen LogP contribution in [0.2, 0.25) is 0 Å². The number of hydrogen-bond acceptors (Lipinski definition) is 1. The van der Waals surface area contributed by atoms with Gasteiger partial charge in [0.2, 0.25) is 0 Å². The van der Waals surface area contributed by atoms with Gasteiger partial charge in [-0.05, 0) is 159 Å². The van der Waals surface area contributed by atoms with Crippen LogP contribution in [0.25, 0.3) is 33.4 Å². The van der Waals surface area contributed by atoms with Crippen molar-refractivity contribution in [2.75, 3.05) is 4.90 Å². The second kappa shape index (κ2) is 16.0. The number of nitrogens with zero attached hydrogens (tertiary/aromatic N) is 1. The molecule has 0 aliphatic heterocycles. The zero-order valence-corrected chi connectivity index (χ0v) is 36.2. The van der Waals surface area contributed by atoms with Crippen LogP contribution in [-0.2, 0) is 5.41 Å². The fraction of sp³-hybridized carbons (Fsp3) is 0.226. The first-order chi connectivity index (χ1) is 31.2. The first-order valence-corrected chi connectivity index (χ1v) is 23.8. The lowest BCUT2D eigenvalue weighted by Crippen LogP contribution is -2.28. The molecular weight excluding hydrogens is 759 g/mol. The second-order valence-corrected chi connectivity index (χ2v) is 19.0. The average molecular weight is 814 g/mol. The van der Waals surface area contributed by atoms with Gasteiger partial charge in [0.1, 0.15) is 0 Å². The smallest absolute Gasteiger partial charge is 0.0714 e. The van der Waals surface area contributed by atoms with E-state index in [1.54, 1.807) is 0 Å². The summed E-state index contributed by atoms with van der Waals surface area (Å²) in [7, 11) is 0. The molecule has 3 atom stereocenters. The van der Waals surface area contributed by atoms with E-state index in [4.69, 9.17) is 0 Å². The summed E-state index contributed by atoms with van der Waals surface area (Å²) in [4.78, 5) is 2.49. The molecular formula is C62H55N. The highest BCUT2D eigenvalue weighted by Crippen LogP contribution is 2.58. The highest BCUT2D eigenvalue weighted by atomic mass is 15.1. The molecule has 0 aromatic heterocycles. The molecule has 3 unspecified atom stereocenters. The summed E-state index contributed by atoms with van der Waals surface area (Å²) in [6.45, 7) is 0.